The Balaban J connectivity index is 1.85. The summed E-state index contributed by atoms with van der Waals surface area (Å²) in [5, 5.41) is 11.5. The minimum Gasteiger partial charge on any atom is -0.464 e. The maximum Gasteiger partial charge on any atom is 0.358 e. The van der Waals surface area contributed by atoms with E-state index in [1.54, 1.807) is 6.07 Å². The number of carbonyl (C=O) groups excluding carboxylic acids is 2. The Hall–Kier alpha value is -2.16. The number of esters is 1. The number of rotatable bonds is 10. The Labute approximate surface area is 190 Å². The zero-order valence-corrected chi connectivity index (χ0v) is 20.6. The van der Waals surface area contributed by atoms with Crippen LogP contribution in [0.4, 0.5) is 0 Å². The van der Waals surface area contributed by atoms with Crippen molar-refractivity contribution in [3.05, 3.63) is 35.0 Å². The summed E-state index contributed by atoms with van der Waals surface area (Å²) in [5.41, 5.74) is 2.07. The number of hydrogen-bond donors (Lipinski definition) is 1. The van der Waals surface area contributed by atoms with E-state index in [0.717, 1.165) is 41.0 Å². The van der Waals surface area contributed by atoms with Crippen LogP contribution in [0, 0.1) is 5.92 Å². The van der Waals surface area contributed by atoms with Crippen LogP contribution in [-0.2, 0) is 32.0 Å². The molecule has 1 unspecified atom stereocenters. The van der Waals surface area contributed by atoms with Crippen LogP contribution in [0.2, 0.25) is 25.7 Å². The van der Waals surface area contributed by atoms with E-state index in [-0.39, 0.29) is 30.8 Å². The fourth-order valence-electron chi connectivity index (χ4n) is 4.27. The van der Waals surface area contributed by atoms with E-state index < -0.39 is 14.0 Å². The molecule has 1 aromatic carbocycles. The first-order valence-electron chi connectivity index (χ1n) is 11.3. The second-order valence-electron chi connectivity index (χ2n) is 9.74. The van der Waals surface area contributed by atoms with E-state index in [1.165, 1.54) is 7.11 Å². The molecule has 1 fully saturated rings. The molecule has 0 spiro atoms. The molecule has 0 radical (unpaired) electrons. The molecule has 1 heterocycles. The van der Waals surface area contributed by atoms with Gasteiger partial charge in [-0.15, -0.1) is 0 Å². The number of Topliss-reactive ketones (excluding diaryl/α,β-unsaturated/α-hetero) is 1. The average Bonchev–Trinajstić information content (AvgIpc) is 3.03. The standard InChI is InChI=1S/C24H35NO6Si/c1-29-24(27)23-19(14-17-8-5-6-11-21(17)26)22-18(9-7-10-20(22)25(23)28)15-31-16-30-12-13-32(2,3)4/h7,9-10,17,28H,5-6,8,11-16H2,1-4H3. The fraction of sp³-hybridized carbons (Fsp3) is 0.583. The molecule has 1 N–H and O–H groups in total. The number of carbonyl (C=O) groups is 2. The molecule has 1 aliphatic rings. The van der Waals surface area contributed by atoms with Gasteiger partial charge in [0.15, 0.2) is 5.69 Å². The molecule has 2 aromatic rings. The van der Waals surface area contributed by atoms with Crippen molar-refractivity contribution in [1.29, 1.82) is 0 Å². The predicted molar refractivity (Wildman–Crippen MR) is 125 cm³/mol. The maximum absolute atomic E-state index is 12.5. The molecular formula is C24H35NO6Si. The van der Waals surface area contributed by atoms with Gasteiger partial charge in [-0.25, -0.2) is 4.79 Å². The SMILES string of the molecule is COC(=O)c1c(CC2CCCCC2=O)c2c(COCOCC[Si](C)(C)C)cccc2n1O. The molecule has 0 aliphatic heterocycles. The lowest BCUT2D eigenvalue weighted by atomic mass is 9.82. The largest absolute Gasteiger partial charge is 0.464 e. The molecule has 3 rings (SSSR count). The molecule has 8 heteroatoms. The topological polar surface area (TPSA) is 87.0 Å². The summed E-state index contributed by atoms with van der Waals surface area (Å²) in [6, 6.07) is 6.55. The average molecular weight is 462 g/mol. The molecule has 1 aromatic heterocycles. The van der Waals surface area contributed by atoms with E-state index >= 15 is 0 Å². The highest BCUT2D eigenvalue weighted by atomic mass is 28.3. The number of hydrogen-bond acceptors (Lipinski definition) is 6. The highest BCUT2D eigenvalue weighted by Crippen LogP contribution is 2.34. The van der Waals surface area contributed by atoms with Crippen LogP contribution in [0.1, 0.15) is 47.3 Å². The van der Waals surface area contributed by atoms with Gasteiger partial charge < -0.3 is 19.4 Å². The van der Waals surface area contributed by atoms with Gasteiger partial charge in [0.2, 0.25) is 0 Å². The number of ketones is 1. The van der Waals surface area contributed by atoms with Crippen LogP contribution < -0.4 is 0 Å². The van der Waals surface area contributed by atoms with E-state index in [1.807, 2.05) is 12.1 Å². The van der Waals surface area contributed by atoms with Crippen molar-refractivity contribution >= 4 is 30.7 Å². The number of fused-ring (bicyclic) bond motifs is 1. The van der Waals surface area contributed by atoms with Gasteiger partial charge in [-0.1, -0.05) is 38.2 Å². The lowest BCUT2D eigenvalue weighted by molar-refractivity contribution is -0.124. The molecule has 1 aliphatic carbocycles. The van der Waals surface area contributed by atoms with E-state index in [9.17, 15) is 14.8 Å². The fourth-order valence-corrected chi connectivity index (χ4v) is 5.03. The molecule has 0 bridgehead atoms. The number of benzene rings is 1. The van der Waals surface area contributed by atoms with E-state index in [0.29, 0.717) is 30.5 Å². The Kier molecular flexibility index (Phi) is 8.14. The third-order valence-electron chi connectivity index (χ3n) is 6.09. The molecule has 32 heavy (non-hydrogen) atoms. The monoisotopic (exact) mass is 461 g/mol. The molecule has 176 valence electrons. The Morgan fingerprint density at radius 3 is 2.69 bits per heavy atom. The molecule has 1 atom stereocenters. The quantitative estimate of drug-likeness (QED) is 0.180. The lowest BCUT2D eigenvalue weighted by Gasteiger charge is -2.21. The highest BCUT2D eigenvalue weighted by molar-refractivity contribution is 6.76. The zero-order valence-electron chi connectivity index (χ0n) is 19.6. The maximum atomic E-state index is 12.5. The van der Waals surface area contributed by atoms with Crippen LogP contribution in [0.5, 0.6) is 0 Å². The second-order valence-corrected chi connectivity index (χ2v) is 15.4. The van der Waals surface area contributed by atoms with Crippen LogP contribution in [0.3, 0.4) is 0 Å². The van der Waals surface area contributed by atoms with Crippen LogP contribution in [0.25, 0.3) is 10.9 Å². The number of nitrogens with zero attached hydrogens (tertiary/aromatic N) is 1. The van der Waals surface area contributed by atoms with Gasteiger partial charge in [-0.2, -0.15) is 4.73 Å². The van der Waals surface area contributed by atoms with Gasteiger partial charge >= 0.3 is 5.97 Å². The van der Waals surface area contributed by atoms with Gasteiger partial charge in [0.1, 0.15) is 12.6 Å². The highest BCUT2D eigenvalue weighted by Gasteiger charge is 2.30. The van der Waals surface area contributed by atoms with Gasteiger partial charge in [-0.3, -0.25) is 4.79 Å². The van der Waals surface area contributed by atoms with E-state index in [2.05, 4.69) is 19.6 Å². The van der Waals surface area contributed by atoms with Crippen LogP contribution >= 0.6 is 0 Å². The molecule has 1 saturated carbocycles. The first-order valence-corrected chi connectivity index (χ1v) is 15.0. The van der Waals surface area contributed by atoms with Crippen molar-refractivity contribution in [3.63, 3.8) is 0 Å². The second kappa shape index (κ2) is 10.6. The molecule has 7 nitrogen and oxygen atoms in total. The summed E-state index contributed by atoms with van der Waals surface area (Å²) >= 11 is 0. The number of ether oxygens (including phenoxy) is 3. The molecular weight excluding hydrogens is 426 g/mol. The van der Waals surface area contributed by atoms with Crippen molar-refractivity contribution in [2.75, 3.05) is 20.5 Å². The lowest BCUT2D eigenvalue weighted by Crippen LogP contribution is -2.22. The van der Waals surface area contributed by atoms with Crippen molar-refractivity contribution < 1.29 is 29.0 Å². The van der Waals surface area contributed by atoms with Crippen molar-refractivity contribution in [2.24, 2.45) is 5.92 Å². The summed E-state index contributed by atoms with van der Waals surface area (Å²) in [6.07, 6.45) is 3.67. The summed E-state index contributed by atoms with van der Waals surface area (Å²) in [5.74, 6) is -0.560. The van der Waals surface area contributed by atoms with E-state index in [4.69, 9.17) is 14.2 Å². The zero-order chi connectivity index (χ0) is 23.3. The third-order valence-corrected chi connectivity index (χ3v) is 7.79. The third kappa shape index (κ3) is 5.79. The first kappa shape index (κ1) is 24.5. The van der Waals surface area contributed by atoms with Gasteiger partial charge in [0.05, 0.1) is 19.2 Å². The number of methoxy groups -OCH3 is 1. The Bertz CT molecular complexity index is 962. The van der Waals surface area contributed by atoms with Gasteiger partial charge in [-0.05, 0) is 42.5 Å². The van der Waals surface area contributed by atoms with Crippen molar-refractivity contribution in [1.82, 2.24) is 4.73 Å². The summed E-state index contributed by atoms with van der Waals surface area (Å²) in [4.78, 5) is 25.0. The van der Waals surface area contributed by atoms with Crippen molar-refractivity contribution in [3.8, 4) is 0 Å². The predicted octanol–water partition coefficient (Wildman–Crippen LogP) is 4.80. The molecule has 0 amide bonds. The van der Waals surface area contributed by atoms with Crippen LogP contribution in [-0.4, -0.2) is 50.3 Å². The van der Waals surface area contributed by atoms with Gasteiger partial charge in [0, 0.05) is 32.4 Å². The number of aromatic nitrogens is 1. The first-order chi connectivity index (χ1) is 15.2. The van der Waals surface area contributed by atoms with Gasteiger partial charge in [0.25, 0.3) is 0 Å². The summed E-state index contributed by atoms with van der Waals surface area (Å²) < 4.78 is 17.2. The summed E-state index contributed by atoms with van der Waals surface area (Å²) in [7, 11) is 0.136. The Morgan fingerprint density at radius 1 is 1.22 bits per heavy atom. The Morgan fingerprint density at radius 2 is 2.00 bits per heavy atom. The minimum absolute atomic E-state index is 0.0831. The summed E-state index contributed by atoms with van der Waals surface area (Å²) in [6.45, 7) is 8.04. The normalized spacial score (nSPS) is 17.1. The van der Waals surface area contributed by atoms with Crippen LogP contribution in [0.15, 0.2) is 18.2 Å². The molecule has 0 saturated heterocycles. The minimum atomic E-state index is -1.15. The smallest absolute Gasteiger partial charge is 0.358 e. The van der Waals surface area contributed by atoms with Crippen molar-refractivity contribution in [2.45, 2.75) is 64.4 Å².